The van der Waals surface area contributed by atoms with Crippen LogP contribution in [0.15, 0.2) is 39.9 Å². The highest BCUT2D eigenvalue weighted by Gasteiger charge is 2.34. The lowest BCUT2D eigenvalue weighted by Gasteiger charge is -2.28. The van der Waals surface area contributed by atoms with E-state index in [0.29, 0.717) is 25.8 Å². The minimum atomic E-state index is -1.46. The van der Waals surface area contributed by atoms with Crippen LogP contribution in [0.3, 0.4) is 0 Å². The van der Waals surface area contributed by atoms with Gasteiger partial charge in [-0.15, -0.1) is 0 Å². The van der Waals surface area contributed by atoms with E-state index >= 15 is 0 Å². The molecule has 45 heteroatoms. The van der Waals surface area contributed by atoms with Crippen molar-refractivity contribution in [2.45, 2.75) is 217 Å². The van der Waals surface area contributed by atoms with Crippen LogP contribution >= 0.6 is 0 Å². The number of aliphatic imine (C=N–C) groups is 8. The van der Waals surface area contributed by atoms with Crippen molar-refractivity contribution in [2.75, 3.05) is 52.4 Å². The number of carbonyl (C=O) groups excluding carboxylic acids is 7. The van der Waals surface area contributed by atoms with E-state index in [1.807, 2.05) is 6.92 Å². The number of aliphatic carboxylic acids is 3. The van der Waals surface area contributed by atoms with Crippen LogP contribution in [-0.4, -0.2) is 223 Å². The van der Waals surface area contributed by atoms with Crippen LogP contribution in [0.25, 0.3) is 0 Å². The highest BCUT2D eigenvalue weighted by Crippen LogP contribution is 2.12. The lowest BCUT2D eigenvalue weighted by molar-refractivity contribution is -0.142. The predicted octanol–water partition coefficient (Wildman–Crippen LogP) is -7.98. The number of unbranched alkanes of at least 4 members (excludes halogenated alkanes) is 2. The summed E-state index contributed by atoms with van der Waals surface area (Å²) in [6, 6.07) is -10.4. The second kappa shape index (κ2) is 60.3. The molecule has 0 rings (SSSR count). The molecule has 0 bridgehead atoms. The summed E-state index contributed by atoms with van der Waals surface area (Å²) in [6.45, 7) is 8.41. The third kappa shape index (κ3) is 56.1. The molecule has 107 heavy (non-hydrogen) atoms. The molecule has 44 N–H and O–H groups in total. The number of hydrogen-bond acceptors (Lipinski definition) is 20. The number of carbonyl (C=O) groups is 10. The zero-order valence-corrected chi connectivity index (χ0v) is 62.3. The standard InChI is InChI=1S/C42H86N28O8.C13H26N4O3.C7H14O2/c43-22(8-1-15-58-36(44)45)29(71)65-23(9-2-16-59-37(46)47)30(72)66-24(10-3-17-60-38(48)49)31(73)67-25(11-4-18-61-39(50)51)32(74)68-26(12-5-19-62-40(52)53)33(75)69-27(13-6-20-63-41(54)55)34(76)70-28(35(77)78)14-7-21-64-42(56)57;1-3-4-6-9(2)11(18)17-13(15)16-8-5-7-10(14)12(19)20;1-3-4-5-6(2)7(8)9/h22-28H,1-21,43H2,(H,65,71)(H,66,72)(H,67,73)(H,68,74)(H,69,75)(H,70,76)(H,77,78)(H4,44,45,58)(H4,46,47,59)(H4,48,49,60)(H4,50,51,61)(H4,52,53,62)(H4,54,55,63)(H4,56,57,64);9-10H,3-8,14H2,1-2H3,(H,19,20)(H3,15,16,17,18);6H,3-5H2,1-2H3,(H,8,9). The monoisotopic (exact) mass is 1530 g/mol. The van der Waals surface area contributed by atoms with Gasteiger partial charge in [-0.25, -0.2) is 4.79 Å². The quantitative estimate of drug-likeness (QED) is 0.0153. The smallest absolute Gasteiger partial charge is 0.326 e. The van der Waals surface area contributed by atoms with E-state index in [1.54, 1.807) is 6.92 Å². The van der Waals surface area contributed by atoms with Crippen molar-refractivity contribution in [1.82, 2.24) is 37.2 Å². The van der Waals surface area contributed by atoms with Gasteiger partial charge < -0.3 is 145 Å². The van der Waals surface area contributed by atoms with Gasteiger partial charge in [0.15, 0.2) is 47.7 Å². The fraction of sp³-hybridized carbons (Fsp3) is 0.710. The third-order valence-electron chi connectivity index (χ3n) is 15.1. The van der Waals surface area contributed by atoms with Gasteiger partial charge in [-0.3, -0.25) is 88.4 Å². The van der Waals surface area contributed by atoms with Gasteiger partial charge in [-0.1, -0.05) is 53.4 Å². The first-order valence-electron chi connectivity index (χ1n) is 35.3. The van der Waals surface area contributed by atoms with Crippen LogP contribution in [0.5, 0.6) is 0 Å². The van der Waals surface area contributed by atoms with E-state index in [2.05, 4.69) is 91.0 Å². The Morgan fingerprint density at radius 2 is 0.505 bits per heavy atom. The molecule has 0 aromatic carbocycles. The van der Waals surface area contributed by atoms with Gasteiger partial charge in [0.2, 0.25) is 41.4 Å². The van der Waals surface area contributed by atoms with E-state index in [-0.39, 0.29) is 195 Å². The zero-order valence-electron chi connectivity index (χ0n) is 62.3. The van der Waals surface area contributed by atoms with Gasteiger partial charge in [0.05, 0.1) is 12.0 Å². The molecule has 0 spiro atoms. The molecule has 0 heterocycles. The molecular weight excluding hydrogens is 1400 g/mol. The average molecular weight is 1530 g/mol. The number of hydrogen-bond donors (Lipinski definition) is 27. The largest absolute Gasteiger partial charge is 0.481 e. The van der Waals surface area contributed by atoms with Crippen molar-refractivity contribution in [3.05, 3.63) is 0 Å². The minimum absolute atomic E-state index is 0.00837. The first kappa shape index (κ1) is 100. The SMILES string of the molecule is CCCCC(C)C(=O)NC(N)=NCCCC(N)C(=O)O.CCCCC(C)C(=O)O.NC(N)=NCCCC(N)C(=O)NC(CCCN=C(N)N)C(=O)NC(CCCN=C(N)N)C(=O)NC(CCCN=C(N)N)C(=O)NC(CCCN=C(N)N)C(=O)NC(CCCN=C(N)N)C(=O)NC(CCCN=C(N)N)C(=O)O. The molecule has 0 aliphatic carbocycles. The van der Waals surface area contributed by atoms with Crippen molar-refractivity contribution >= 4 is 107 Å². The second-order valence-electron chi connectivity index (χ2n) is 24.7. The summed E-state index contributed by atoms with van der Waals surface area (Å²) in [5, 5.41) is 45.0. The summed E-state index contributed by atoms with van der Waals surface area (Å²) < 4.78 is 0. The number of nitrogens with zero attached hydrogens (tertiary/aromatic N) is 8. The highest BCUT2D eigenvalue weighted by molar-refractivity contribution is 5.98. The molecular formula is C62H126N32O13. The number of nitrogens with one attached hydrogen (secondary N) is 7. The molecule has 0 radical (unpaired) electrons. The predicted molar refractivity (Wildman–Crippen MR) is 411 cm³/mol. The maximum Gasteiger partial charge on any atom is 0.326 e. The van der Waals surface area contributed by atoms with E-state index in [0.717, 1.165) is 38.5 Å². The average Bonchev–Trinajstić information content (AvgIpc) is 0.857. The van der Waals surface area contributed by atoms with Gasteiger partial charge in [0.25, 0.3) is 0 Å². The van der Waals surface area contributed by atoms with Gasteiger partial charge in [0, 0.05) is 58.3 Å². The van der Waals surface area contributed by atoms with Gasteiger partial charge >= 0.3 is 17.9 Å². The van der Waals surface area contributed by atoms with Gasteiger partial charge in [-0.2, -0.15) is 0 Å². The molecule has 0 aliphatic heterocycles. The van der Waals surface area contributed by atoms with Crippen molar-refractivity contribution in [2.24, 2.45) is 149 Å². The molecule has 7 amide bonds. The summed E-state index contributed by atoms with van der Waals surface area (Å²) in [5.74, 6) is -10.1. The van der Waals surface area contributed by atoms with Crippen LogP contribution in [0.2, 0.25) is 0 Å². The maximum absolute atomic E-state index is 14.4. The number of carboxylic acid groups (broad SMARTS) is 3. The minimum Gasteiger partial charge on any atom is -0.481 e. The highest BCUT2D eigenvalue weighted by atomic mass is 16.4. The van der Waals surface area contributed by atoms with Crippen LogP contribution in [0.4, 0.5) is 0 Å². The lowest BCUT2D eigenvalue weighted by atomic mass is 10.0. The molecule has 0 aromatic heterocycles. The second-order valence-corrected chi connectivity index (χ2v) is 24.7. The van der Waals surface area contributed by atoms with E-state index in [4.69, 9.17) is 108 Å². The summed E-state index contributed by atoms with van der Waals surface area (Å²) >= 11 is 0. The first-order valence-corrected chi connectivity index (χ1v) is 35.3. The Hall–Kier alpha value is -11.0. The number of nitrogens with two attached hydrogens (primary N) is 17. The van der Waals surface area contributed by atoms with E-state index in [1.165, 1.54) is 0 Å². The Morgan fingerprint density at radius 1 is 0.271 bits per heavy atom. The number of rotatable bonds is 54. The van der Waals surface area contributed by atoms with E-state index in [9.17, 15) is 53.1 Å². The number of carboxylic acids is 3. The van der Waals surface area contributed by atoms with Crippen LogP contribution < -0.4 is 135 Å². The Bertz CT molecular complexity index is 2920. The third-order valence-corrected chi connectivity index (χ3v) is 15.1. The summed E-state index contributed by atoms with van der Waals surface area (Å²) in [4.78, 5) is 160. The van der Waals surface area contributed by atoms with Crippen molar-refractivity contribution in [3.8, 4) is 0 Å². The maximum atomic E-state index is 14.4. The Kier molecular flexibility index (Phi) is 56.4. The molecule has 612 valence electrons. The van der Waals surface area contributed by atoms with Gasteiger partial charge in [-0.05, 0) is 116 Å². The normalized spacial score (nSPS) is 13.5. The van der Waals surface area contributed by atoms with E-state index < -0.39 is 102 Å². The molecule has 10 atom stereocenters. The molecule has 0 saturated heterocycles. The fourth-order valence-corrected chi connectivity index (χ4v) is 9.11. The topological polar surface area (TPSA) is 857 Å². The lowest BCUT2D eigenvalue weighted by Crippen LogP contribution is -2.59. The molecule has 45 nitrogen and oxygen atoms in total. The molecule has 0 aliphatic rings. The zero-order chi connectivity index (χ0) is 82.0. The summed E-state index contributed by atoms with van der Waals surface area (Å²) in [6.07, 6.45) is 7.20. The Balaban J connectivity index is -0.00000307. The Morgan fingerprint density at radius 3 is 0.757 bits per heavy atom. The van der Waals surface area contributed by atoms with Crippen molar-refractivity contribution in [3.63, 3.8) is 0 Å². The number of amides is 7. The summed E-state index contributed by atoms with van der Waals surface area (Å²) in [7, 11) is 0. The first-order chi connectivity index (χ1) is 50.3. The van der Waals surface area contributed by atoms with Gasteiger partial charge in [0.1, 0.15) is 42.3 Å². The van der Waals surface area contributed by atoms with Crippen molar-refractivity contribution in [1.29, 1.82) is 0 Å². The van der Waals surface area contributed by atoms with Crippen molar-refractivity contribution < 1.29 is 63.3 Å². The van der Waals surface area contributed by atoms with Crippen LogP contribution in [-0.2, 0) is 47.9 Å². The molecule has 0 saturated carbocycles. The van der Waals surface area contributed by atoms with Crippen LogP contribution in [0.1, 0.15) is 169 Å². The van der Waals surface area contributed by atoms with Crippen LogP contribution in [0, 0.1) is 11.8 Å². The number of guanidine groups is 8. The Labute approximate surface area is 624 Å². The molecule has 0 aromatic rings. The molecule has 10 unspecified atom stereocenters. The fourth-order valence-electron chi connectivity index (χ4n) is 9.11. The summed E-state index contributed by atoms with van der Waals surface area (Å²) in [5.41, 5.74) is 93.6. The molecule has 0 fully saturated rings.